The summed E-state index contributed by atoms with van der Waals surface area (Å²) in [5.41, 5.74) is 1.02. The minimum Gasteiger partial charge on any atom is -0.460 e. The second kappa shape index (κ2) is 10.0. The molecule has 2 aromatic rings. The smallest absolute Gasteiger partial charge is 0.336 e. The van der Waals surface area contributed by atoms with E-state index < -0.39 is 23.5 Å². The van der Waals surface area contributed by atoms with Gasteiger partial charge >= 0.3 is 5.97 Å². The molecule has 1 atom stereocenters. The van der Waals surface area contributed by atoms with Gasteiger partial charge in [-0.2, -0.15) is 0 Å². The molecule has 1 aliphatic rings. The summed E-state index contributed by atoms with van der Waals surface area (Å²) in [6.07, 6.45) is -0.0518. The Bertz CT molecular complexity index is 987. The van der Waals surface area contributed by atoms with Gasteiger partial charge in [0.05, 0.1) is 18.7 Å². The topological polar surface area (TPSA) is 55.8 Å². The van der Waals surface area contributed by atoms with Crippen LogP contribution in [-0.4, -0.2) is 37.1 Å². The number of carbonyl (C=O) groups excluding carboxylic acids is 2. The standard InChI is InChI=1S/C23H22ClF2NO4/c1-14-22(23(29)31-11-10-30-2)17(15-6-8-16(24)9-7-15)12-21(28)27(14)13-18-19(25)4-3-5-20(18)26/h3-9,17H,10-13H2,1-2H3. The van der Waals surface area contributed by atoms with Gasteiger partial charge in [0.15, 0.2) is 0 Å². The molecule has 164 valence electrons. The Balaban J connectivity index is 2.02. The Hall–Kier alpha value is -2.77. The highest BCUT2D eigenvalue weighted by molar-refractivity contribution is 6.30. The lowest BCUT2D eigenvalue weighted by Gasteiger charge is -2.34. The first-order valence-corrected chi connectivity index (χ1v) is 10.1. The molecule has 1 amide bonds. The number of methoxy groups -OCH3 is 1. The minimum atomic E-state index is -0.760. The van der Waals surface area contributed by atoms with Gasteiger partial charge in [-0.05, 0) is 36.8 Å². The van der Waals surface area contributed by atoms with Crippen LogP contribution in [0, 0.1) is 11.6 Å². The molecule has 1 aliphatic heterocycles. The summed E-state index contributed by atoms with van der Waals surface area (Å²) in [4.78, 5) is 27.1. The molecule has 31 heavy (non-hydrogen) atoms. The molecule has 0 saturated heterocycles. The highest BCUT2D eigenvalue weighted by Crippen LogP contribution is 2.38. The molecular weight excluding hydrogens is 428 g/mol. The van der Waals surface area contributed by atoms with Gasteiger partial charge in [0.2, 0.25) is 5.91 Å². The van der Waals surface area contributed by atoms with Crippen LogP contribution in [0.4, 0.5) is 8.78 Å². The molecule has 0 radical (unpaired) electrons. The van der Waals surface area contributed by atoms with E-state index in [-0.39, 0.29) is 43.2 Å². The highest BCUT2D eigenvalue weighted by atomic mass is 35.5. The molecule has 0 bridgehead atoms. The van der Waals surface area contributed by atoms with Crippen molar-refractivity contribution >= 4 is 23.5 Å². The third kappa shape index (κ3) is 5.11. The largest absolute Gasteiger partial charge is 0.460 e. The van der Waals surface area contributed by atoms with Gasteiger partial charge in [-0.3, -0.25) is 4.79 Å². The van der Waals surface area contributed by atoms with E-state index >= 15 is 0 Å². The number of esters is 1. The average Bonchev–Trinajstić information content (AvgIpc) is 2.73. The zero-order valence-electron chi connectivity index (χ0n) is 17.2. The predicted molar refractivity (Wildman–Crippen MR) is 111 cm³/mol. The lowest BCUT2D eigenvalue weighted by Crippen LogP contribution is -2.38. The van der Waals surface area contributed by atoms with Crippen LogP contribution in [0.3, 0.4) is 0 Å². The zero-order chi connectivity index (χ0) is 22.5. The third-order valence-corrected chi connectivity index (χ3v) is 5.47. The number of halogens is 3. The molecule has 0 aliphatic carbocycles. The molecule has 3 rings (SSSR count). The number of hydrogen-bond acceptors (Lipinski definition) is 4. The molecule has 2 aromatic carbocycles. The van der Waals surface area contributed by atoms with Gasteiger partial charge in [-0.15, -0.1) is 0 Å². The van der Waals surface area contributed by atoms with Gasteiger partial charge in [0.1, 0.15) is 18.2 Å². The van der Waals surface area contributed by atoms with E-state index in [1.165, 1.54) is 18.1 Å². The number of benzene rings is 2. The van der Waals surface area contributed by atoms with E-state index in [9.17, 15) is 18.4 Å². The van der Waals surface area contributed by atoms with Gasteiger partial charge < -0.3 is 14.4 Å². The van der Waals surface area contributed by atoms with Crippen molar-refractivity contribution in [1.82, 2.24) is 4.90 Å². The fourth-order valence-electron chi connectivity index (χ4n) is 3.58. The van der Waals surface area contributed by atoms with Crippen LogP contribution in [0.5, 0.6) is 0 Å². The number of carbonyl (C=O) groups is 2. The second-order valence-electron chi connectivity index (χ2n) is 7.12. The van der Waals surface area contributed by atoms with Crippen molar-refractivity contribution in [3.8, 4) is 0 Å². The van der Waals surface area contributed by atoms with Crippen LogP contribution in [0.25, 0.3) is 0 Å². The quantitative estimate of drug-likeness (QED) is 0.458. The normalized spacial score (nSPS) is 16.6. The number of allylic oxidation sites excluding steroid dienone is 1. The van der Waals surface area contributed by atoms with E-state index in [4.69, 9.17) is 21.1 Å². The molecule has 5 nitrogen and oxygen atoms in total. The van der Waals surface area contributed by atoms with Gasteiger partial charge in [0.25, 0.3) is 0 Å². The third-order valence-electron chi connectivity index (χ3n) is 5.21. The first kappa shape index (κ1) is 22.9. The number of amides is 1. The Kier molecular flexibility index (Phi) is 7.41. The molecule has 0 fully saturated rings. The van der Waals surface area contributed by atoms with Crippen LogP contribution in [0.2, 0.25) is 5.02 Å². The summed E-state index contributed by atoms with van der Waals surface area (Å²) in [6, 6.07) is 10.3. The monoisotopic (exact) mass is 449 g/mol. The summed E-state index contributed by atoms with van der Waals surface area (Å²) in [5, 5.41) is 0.521. The van der Waals surface area contributed by atoms with Crippen molar-refractivity contribution in [3.63, 3.8) is 0 Å². The van der Waals surface area contributed by atoms with E-state index in [0.717, 1.165) is 12.1 Å². The molecule has 0 aromatic heterocycles. The van der Waals surface area contributed by atoms with Crippen molar-refractivity contribution in [1.29, 1.82) is 0 Å². The van der Waals surface area contributed by atoms with Crippen molar-refractivity contribution in [2.75, 3.05) is 20.3 Å². The summed E-state index contributed by atoms with van der Waals surface area (Å²) >= 11 is 5.97. The fraction of sp³-hybridized carbons (Fsp3) is 0.304. The summed E-state index contributed by atoms with van der Waals surface area (Å²) in [6.45, 7) is 1.50. The number of ether oxygens (including phenoxy) is 2. The van der Waals surface area contributed by atoms with Crippen LogP contribution in [0.1, 0.15) is 30.4 Å². The lowest BCUT2D eigenvalue weighted by atomic mass is 9.83. The van der Waals surface area contributed by atoms with E-state index in [2.05, 4.69) is 0 Å². The Morgan fingerprint density at radius 1 is 1.13 bits per heavy atom. The van der Waals surface area contributed by atoms with Crippen LogP contribution >= 0.6 is 11.6 Å². The summed E-state index contributed by atoms with van der Waals surface area (Å²) < 4.78 is 38.6. The molecular formula is C23H22ClF2NO4. The van der Waals surface area contributed by atoms with Crippen LogP contribution in [0.15, 0.2) is 53.7 Å². The van der Waals surface area contributed by atoms with Gasteiger partial charge in [-0.25, -0.2) is 13.6 Å². The Labute approximate surface area is 184 Å². The zero-order valence-corrected chi connectivity index (χ0v) is 17.9. The van der Waals surface area contributed by atoms with E-state index in [1.54, 1.807) is 31.2 Å². The van der Waals surface area contributed by atoms with Crippen molar-refractivity contribution in [2.24, 2.45) is 0 Å². The predicted octanol–water partition coefficient (Wildman–Crippen LogP) is 4.60. The van der Waals surface area contributed by atoms with Gasteiger partial charge in [0, 0.05) is 35.7 Å². The maximum absolute atomic E-state index is 14.2. The molecule has 0 saturated carbocycles. The Morgan fingerprint density at radius 2 is 1.77 bits per heavy atom. The van der Waals surface area contributed by atoms with Crippen LogP contribution < -0.4 is 0 Å². The molecule has 0 spiro atoms. The number of nitrogens with zero attached hydrogens (tertiary/aromatic N) is 1. The maximum atomic E-state index is 14.2. The highest BCUT2D eigenvalue weighted by Gasteiger charge is 2.37. The lowest BCUT2D eigenvalue weighted by molar-refractivity contribution is -0.141. The summed E-state index contributed by atoms with van der Waals surface area (Å²) in [7, 11) is 1.48. The SMILES string of the molecule is COCCOC(=O)C1=C(C)N(Cc2c(F)cccc2F)C(=O)CC1c1ccc(Cl)cc1. The van der Waals surface area contributed by atoms with Gasteiger partial charge in [-0.1, -0.05) is 29.8 Å². The van der Waals surface area contributed by atoms with Crippen molar-refractivity contribution < 1.29 is 27.8 Å². The number of rotatable bonds is 7. The number of hydrogen-bond donors (Lipinski definition) is 0. The van der Waals surface area contributed by atoms with E-state index in [0.29, 0.717) is 16.3 Å². The Morgan fingerprint density at radius 3 is 2.39 bits per heavy atom. The fourth-order valence-corrected chi connectivity index (χ4v) is 3.71. The molecule has 8 heteroatoms. The summed E-state index contributed by atoms with van der Waals surface area (Å²) in [5.74, 6) is -3.05. The average molecular weight is 450 g/mol. The first-order chi connectivity index (χ1) is 14.8. The first-order valence-electron chi connectivity index (χ1n) is 9.69. The second-order valence-corrected chi connectivity index (χ2v) is 7.55. The maximum Gasteiger partial charge on any atom is 0.336 e. The van der Waals surface area contributed by atoms with Crippen LogP contribution in [-0.2, 0) is 25.6 Å². The molecule has 1 heterocycles. The van der Waals surface area contributed by atoms with Crippen molar-refractivity contribution in [3.05, 3.63) is 81.5 Å². The van der Waals surface area contributed by atoms with Crippen molar-refractivity contribution in [2.45, 2.75) is 25.8 Å². The molecule has 0 N–H and O–H groups in total. The molecule has 1 unspecified atom stereocenters. The van der Waals surface area contributed by atoms with E-state index in [1.807, 2.05) is 0 Å². The minimum absolute atomic E-state index is 0.0370.